The normalized spacial score (nSPS) is 10.8. The molecule has 1 aromatic carbocycles. The number of halogens is 1. The number of likely N-dealkylation sites (N-methyl/N-ethyl adjacent to an activating group) is 2. The lowest BCUT2D eigenvalue weighted by Gasteiger charge is -2.23. The number of H-pyrrole nitrogens is 2. The molecule has 2 aromatic heterocycles. The lowest BCUT2D eigenvalue weighted by Crippen LogP contribution is -2.45. The van der Waals surface area contributed by atoms with Crippen molar-refractivity contribution in [3.63, 3.8) is 0 Å². The molecule has 0 aliphatic carbocycles. The molecule has 0 bridgehead atoms. The van der Waals surface area contributed by atoms with Crippen LogP contribution in [0.5, 0.6) is 0 Å². The van der Waals surface area contributed by atoms with Gasteiger partial charge in [0, 0.05) is 33.2 Å². The number of aromatic amines is 2. The van der Waals surface area contributed by atoms with E-state index in [0.717, 1.165) is 0 Å². The Morgan fingerprint density at radius 1 is 0.763 bits per heavy atom. The minimum Gasteiger partial charge on any atom is -0.374 e. The number of hydrogen-bond donors (Lipinski definition) is 6. The van der Waals surface area contributed by atoms with E-state index in [-0.39, 0.29) is 22.8 Å². The molecule has 15 heteroatoms. The van der Waals surface area contributed by atoms with Crippen LogP contribution in [0, 0.1) is 0 Å². The van der Waals surface area contributed by atoms with E-state index in [0.29, 0.717) is 19.7 Å². The molecule has 0 atom stereocenters. The van der Waals surface area contributed by atoms with Gasteiger partial charge in [-0.3, -0.25) is 38.3 Å². The van der Waals surface area contributed by atoms with Crippen LogP contribution in [0.25, 0.3) is 0 Å². The van der Waals surface area contributed by atoms with E-state index in [1.807, 2.05) is 0 Å². The highest BCUT2D eigenvalue weighted by Gasteiger charge is 2.32. The van der Waals surface area contributed by atoms with Crippen LogP contribution in [0.1, 0.15) is 22.6 Å². The topological polar surface area (TPSA) is 192 Å². The van der Waals surface area contributed by atoms with Gasteiger partial charge >= 0.3 is 11.4 Å². The summed E-state index contributed by atoms with van der Waals surface area (Å²) in [7, 11) is 5.64. The average Bonchev–Trinajstić information content (AvgIpc) is 2.91. The van der Waals surface area contributed by atoms with Gasteiger partial charge in [-0.05, 0) is 17.7 Å². The van der Waals surface area contributed by atoms with Gasteiger partial charge in [-0.2, -0.15) is 0 Å². The number of amides is 2. The Hall–Kier alpha value is -4.59. The monoisotopic (exact) mass is 546 g/mol. The van der Waals surface area contributed by atoms with E-state index in [2.05, 4.69) is 31.2 Å². The molecule has 2 amide bonds. The van der Waals surface area contributed by atoms with Crippen molar-refractivity contribution in [1.29, 1.82) is 0 Å². The van der Waals surface area contributed by atoms with Gasteiger partial charge in [0.1, 0.15) is 24.7 Å². The first kappa shape index (κ1) is 28.0. The zero-order valence-electron chi connectivity index (χ0n) is 21.0. The number of anilines is 2. The van der Waals surface area contributed by atoms with Crippen molar-refractivity contribution in [2.45, 2.75) is 19.0 Å². The predicted molar refractivity (Wildman–Crippen MR) is 142 cm³/mol. The third-order valence-corrected chi connectivity index (χ3v) is 6.14. The van der Waals surface area contributed by atoms with Crippen LogP contribution in [-0.4, -0.2) is 59.1 Å². The molecule has 0 saturated carbocycles. The molecule has 0 aliphatic rings. The van der Waals surface area contributed by atoms with Gasteiger partial charge in [-0.25, -0.2) is 9.59 Å². The second-order valence-electron chi connectivity index (χ2n) is 8.05. The fraction of sp³-hybridized carbons (Fsp3) is 0.304. The minimum absolute atomic E-state index is 0.0152. The van der Waals surface area contributed by atoms with Gasteiger partial charge in [0.2, 0.25) is 11.8 Å². The smallest absolute Gasteiger partial charge is 0.330 e. The van der Waals surface area contributed by atoms with Crippen LogP contribution in [0.4, 0.5) is 11.6 Å². The summed E-state index contributed by atoms with van der Waals surface area (Å²) in [5.41, 5.74) is -3.20. The van der Waals surface area contributed by atoms with Crippen LogP contribution >= 0.6 is 11.6 Å². The fourth-order valence-corrected chi connectivity index (χ4v) is 4.09. The molecular weight excluding hydrogens is 520 g/mol. The summed E-state index contributed by atoms with van der Waals surface area (Å²) in [5, 5.41) is 10.6. The second kappa shape index (κ2) is 11.6. The summed E-state index contributed by atoms with van der Waals surface area (Å²) in [6, 6.07) is 6.25. The molecule has 0 spiro atoms. The van der Waals surface area contributed by atoms with E-state index >= 15 is 0 Å². The van der Waals surface area contributed by atoms with Crippen molar-refractivity contribution in [3.05, 3.63) is 87.7 Å². The van der Waals surface area contributed by atoms with Crippen LogP contribution < -0.4 is 43.8 Å². The summed E-state index contributed by atoms with van der Waals surface area (Å²) in [4.78, 5) is 82.2. The van der Waals surface area contributed by atoms with Crippen LogP contribution in [0.15, 0.2) is 43.4 Å². The van der Waals surface area contributed by atoms with Crippen molar-refractivity contribution >= 4 is 35.1 Å². The van der Waals surface area contributed by atoms with E-state index in [1.54, 1.807) is 24.3 Å². The van der Waals surface area contributed by atoms with E-state index in [4.69, 9.17) is 11.6 Å². The largest absolute Gasteiger partial charge is 0.374 e. The molecular formula is C23H27ClN8O6. The number of carbonyl (C=O) groups excluding carboxylic acids is 2. The Balaban J connectivity index is 2.51. The first-order valence-corrected chi connectivity index (χ1v) is 11.7. The highest BCUT2D eigenvalue weighted by Crippen LogP contribution is 2.34. The number of nitrogens with one attached hydrogen (secondary N) is 6. The molecule has 38 heavy (non-hydrogen) atoms. The number of benzene rings is 1. The summed E-state index contributed by atoms with van der Waals surface area (Å²) >= 11 is 6.09. The molecule has 0 unspecified atom stereocenters. The Kier molecular flexibility index (Phi) is 8.57. The lowest BCUT2D eigenvalue weighted by atomic mass is 9.86. The Labute approximate surface area is 220 Å². The van der Waals surface area contributed by atoms with Gasteiger partial charge in [0.05, 0.1) is 17.0 Å². The van der Waals surface area contributed by atoms with Crippen LogP contribution in [0.2, 0.25) is 5.02 Å². The maximum atomic E-state index is 13.8. The fourth-order valence-electron chi connectivity index (χ4n) is 3.97. The zero-order valence-corrected chi connectivity index (χ0v) is 21.8. The quantitative estimate of drug-likeness (QED) is 0.192. The van der Waals surface area contributed by atoms with Crippen molar-refractivity contribution in [2.24, 2.45) is 0 Å². The maximum absolute atomic E-state index is 13.8. The van der Waals surface area contributed by atoms with E-state index in [9.17, 15) is 28.8 Å². The molecule has 202 valence electrons. The highest BCUT2D eigenvalue weighted by molar-refractivity contribution is 6.30. The number of hydrogen-bond acceptors (Lipinski definition) is 8. The number of carbonyl (C=O) groups is 2. The van der Waals surface area contributed by atoms with E-state index in [1.165, 1.54) is 28.2 Å². The van der Waals surface area contributed by atoms with Gasteiger partial charge < -0.3 is 21.3 Å². The second-order valence-corrected chi connectivity index (χ2v) is 8.49. The minimum atomic E-state index is -1.20. The first-order valence-electron chi connectivity index (χ1n) is 11.3. The third-order valence-electron chi connectivity index (χ3n) is 5.89. The van der Waals surface area contributed by atoms with Gasteiger partial charge in [-0.15, -0.1) is 0 Å². The van der Waals surface area contributed by atoms with Crippen molar-refractivity contribution in [1.82, 2.24) is 29.7 Å². The van der Waals surface area contributed by atoms with Crippen LogP contribution in [-0.2, 0) is 22.7 Å². The summed E-state index contributed by atoms with van der Waals surface area (Å²) < 4.78 is 1.40. The van der Waals surface area contributed by atoms with Gasteiger partial charge in [-0.1, -0.05) is 23.7 Å². The summed E-state index contributed by atoms with van der Waals surface area (Å²) in [5.74, 6) is -2.43. The molecule has 3 rings (SSSR count). The van der Waals surface area contributed by atoms with Crippen LogP contribution in [0.3, 0.4) is 0 Å². The first-order chi connectivity index (χ1) is 18.1. The SMILES string of the molecule is CNC(=O)Cn1c(=O)[nH]c(NC)c(C(c2ccc(Cl)cc2)c2c(NC)[nH]c(=O)n(CC(=O)NC)c2=O)c1=O. The van der Waals surface area contributed by atoms with Gasteiger partial charge in [0.15, 0.2) is 0 Å². The Morgan fingerprint density at radius 3 is 1.50 bits per heavy atom. The Bertz CT molecular complexity index is 1510. The predicted octanol–water partition coefficient (Wildman–Crippen LogP) is -1.20. The third kappa shape index (κ3) is 5.39. The highest BCUT2D eigenvalue weighted by atomic mass is 35.5. The number of nitrogens with zero attached hydrogens (tertiary/aromatic N) is 2. The molecule has 0 radical (unpaired) electrons. The number of rotatable bonds is 9. The van der Waals surface area contributed by atoms with Gasteiger partial charge in [0.25, 0.3) is 11.1 Å². The molecule has 0 fully saturated rings. The average molecular weight is 547 g/mol. The van der Waals surface area contributed by atoms with Crippen molar-refractivity contribution in [2.75, 3.05) is 38.8 Å². The zero-order chi connectivity index (χ0) is 28.1. The standard InChI is InChI=1S/C23H27ClN8O6/c1-25-13(33)9-31-20(35)16(18(27-3)29-22(31)37)15(11-5-7-12(24)8-6-11)17-19(28-4)30-23(38)32(21(17)36)10-14(34)26-2/h5-8,15,27-28H,9-10H2,1-4H3,(H,25,33)(H,26,34)(H,29,37)(H,30,38). The Morgan fingerprint density at radius 2 is 1.16 bits per heavy atom. The molecule has 3 aromatic rings. The maximum Gasteiger partial charge on any atom is 0.330 e. The molecule has 14 nitrogen and oxygen atoms in total. The van der Waals surface area contributed by atoms with E-state index < -0.39 is 53.3 Å². The molecule has 0 aliphatic heterocycles. The lowest BCUT2D eigenvalue weighted by molar-refractivity contribution is -0.122. The van der Waals surface area contributed by atoms with Crippen molar-refractivity contribution in [3.8, 4) is 0 Å². The van der Waals surface area contributed by atoms with Crippen molar-refractivity contribution < 1.29 is 9.59 Å². The molecule has 2 heterocycles. The summed E-state index contributed by atoms with van der Waals surface area (Å²) in [6.07, 6.45) is 0. The number of aromatic nitrogens is 4. The summed E-state index contributed by atoms with van der Waals surface area (Å²) in [6.45, 7) is -1.17. The molecule has 6 N–H and O–H groups in total. The molecule has 0 saturated heterocycles.